The van der Waals surface area contributed by atoms with Gasteiger partial charge in [-0.05, 0) is 31.9 Å². The van der Waals surface area contributed by atoms with Crippen molar-refractivity contribution in [3.8, 4) is 0 Å². The van der Waals surface area contributed by atoms with Crippen LogP contribution in [0.5, 0.6) is 0 Å². The lowest BCUT2D eigenvalue weighted by atomic mass is 9.95. The molecule has 0 spiro atoms. The number of nitrogens with zero attached hydrogens (tertiary/aromatic N) is 4. The highest BCUT2D eigenvalue weighted by Gasteiger charge is 2.26. The van der Waals surface area contributed by atoms with E-state index in [4.69, 9.17) is 0 Å². The first kappa shape index (κ1) is 16.5. The number of nitrogens with one attached hydrogen (secondary N) is 1. The number of benzene rings is 1. The lowest BCUT2D eigenvalue weighted by Crippen LogP contribution is -2.42. The van der Waals surface area contributed by atoms with Crippen LogP contribution in [0.25, 0.3) is 10.8 Å². The zero-order valence-electron chi connectivity index (χ0n) is 14.7. The molecule has 0 bridgehead atoms. The minimum atomic E-state index is -0.221. The van der Waals surface area contributed by atoms with Gasteiger partial charge in [0.1, 0.15) is 6.54 Å². The Morgan fingerprint density at radius 3 is 2.85 bits per heavy atom. The van der Waals surface area contributed by atoms with Gasteiger partial charge in [0.25, 0.3) is 5.56 Å². The van der Waals surface area contributed by atoms with Crippen molar-refractivity contribution in [2.45, 2.75) is 32.2 Å². The van der Waals surface area contributed by atoms with Gasteiger partial charge < -0.3 is 4.90 Å². The van der Waals surface area contributed by atoms with Gasteiger partial charge in [-0.25, -0.2) is 4.68 Å². The van der Waals surface area contributed by atoms with Crippen molar-refractivity contribution in [2.75, 3.05) is 13.1 Å². The van der Waals surface area contributed by atoms with Gasteiger partial charge in [0.2, 0.25) is 5.91 Å². The zero-order valence-corrected chi connectivity index (χ0v) is 14.7. The van der Waals surface area contributed by atoms with E-state index in [1.54, 1.807) is 12.3 Å². The fourth-order valence-electron chi connectivity index (χ4n) is 3.69. The average Bonchev–Trinajstić information content (AvgIpc) is 3.21. The number of amides is 1. The maximum absolute atomic E-state index is 12.8. The Labute approximate surface area is 150 Å². The van der Waals surface area contributed by atoms with Crippen LogP contribution in [-0.2, 0) is 11.3 Å². The van der Waals surface area contributed by atoms with Crippen LogP contribution in [0.1, 0.15) is 30.1 Å². The van der Waals surface area contributed by atoms with E-state index in [9.17, 15) is 9.59 Å². The number of hydrogen-bond donors (Lipinski definition) is 1. The first-order chi connectivity index (χ1) is 12.6. The number of piperidine rings is 1. The third-order valence-electron chi connectivity index (χ3n) is 5.07. The number of aromatic amines is 1. The number of carbonyl (C=O) groups excluding carboxylic acids is 1. The van der Waals surface area contributed by atoms with Crippen LogP contribution in [0.3, 0.4) is 0 Å². The second kappa shape index (κ2) is 6.74. The number of hydrogen-bond acceptors (Lipinski definition) is 4. The molecule has 2 aromatic heterocycles. The standard InChI is InChI=1S/C19H21N5O2/c1-13-15-6-2-3-7-16(15)19(26)24(22-13)12-18(25)23-10-4-5-14(11-23)17-8-9-20-21-17/h2-3,6-9,14H,4-5,10-12H2,1H3,(H,20,21). The Morgan fingerprint density at radius 2 is 2.08 bits per heavy atom. The molecule has 1 saturated heterocycles. The van der Waals surface area contributed by atoms with E-state index in [0.717, 1.165) is 29.6 Å². The fraction of sp³-hybridized carbons (Fsp3) is 0.368. The molecule has 1 aromatic carbocycles. The van der Waals surface area contributed by atoms with Crippen LogP contribution in [0.15, 0.2) is 41.3 Å². The number of aromatic nitrogens is 4. The van der Waals surface area contributed by atoms with Gasteiger partial charge in [0.05, 0.1) is 11.1 Å². The molecule has 3 heterocycles. The number of likely N-dealkylation sites (tertiary alicyclic amines) is 1. The first-order valence-electron chi connectivity index (χ1n) is 8.87. The molecule has 1 unspecified atom stereocenters. The fourth-order valence-corrected chi connectivity index (χ4v) is 3.69. The molecule has 0 saturated carbocycles. The number of fused-ring (bicyclic) bond motifs is 1. The van der Waals surface area contributed by atoms with E-state index in [-0.39, 0.29) is 23.9 Å². The predicted octanol–water partition coefficient (Wildman–Crippen LogP) is 1.83. The lowest BCUT2D eigenvalue weighted by molar-refractivity contribution is -0.133. The van der Waals surface area contributed by atoms with E-state index in [1.807, 2.05) is 36.1 Å². The summed E-state index contributed by atoms with van der Waals surface area (Å²) in [5.41, 5.74) is 1.59. The number of rotatable bonds is 3. The molecule has 3 aromatic rings. The van der Waals surface area contributed by atoms with Crippen molar-refractivity contribution < 1.29 is 4.79 Å². The van der Waals surface area contributed by atoms with Crippen molar-refractivity contribution in [1.29, 1.82) is 0 Å². The summed E-state index contributed by atoms with van der Waals surface area (Å²) in [7, 11) is 0. The van der Waals surface area contributed by atoms with Gasteiger partial charge in [0, 0.05) is 36.3 Å². The van der Waals surface area contributed by atoms with Crippen LogP contribution in [0.2, 0.25) is 0 Å². The monoisotopic (exact) mass is 351 g/mol. The summed E-state index contributed by atoms with van der Waals surface area (Å²) in [6, 6.07) is 9.33. The van der Waals surface area contributed by atoms with E-state index < -0.39 is 0 Å². The number of carbonyl (C=O) groups is 1. The molecule has 1 aliphatic heterocycles. The number of aryl methyl sites for hydroxylation is 1. The summed E-state index contributed by atoms with van der Waals surface area (Å²) in [5.74, 6) is 0.191. The number of H-pyrrole nitrogens is 1. The van der Waals surface area contributed by atoms with Crippen molar-refractivity contribution in [3.05, 3.63) is 58.3 Å². The highest BCUT2D eigenvalue weighted by atomic mass is 16.2. The second-order valence-corrected chi connectivity index (χ2v) is 6.78. The molecule has 26 heavy (non-hydrogen) atoms. The second-order valence-electron chi connectivity index (χ2n) is 6.78. The topological polar surface area (TPSA) is 83.9 Å². The largest absolute Gasteiger partial charge is 0.340 e. The molecule has 4 rings (SSSR count). The summed E-state index contributed by atoms with van der Waals surface area (Å²) >= 11 is 0. The summed E-state index contributed by atoms with van der Waals surface area (Å²) in [5, 5.41) is 12.8. The van der Waals surface area contributed by atoms with Crippen LogP contribution < -0.4 is 5.56 Å². The summed E-state index contributed by atoms with van der Waals surface area (Å²) in [6.45, 7) is 3.19. The molecule has 1 aliphatic rings. The minimum Gasteiger partial charge on any atom is -0.340 e. The van der Waals surface area contributed by atoms with Crippen LogP contribution in [-0.4, -0.2) is 43.9 Å². The van der Waals surface area contributed by atoms with Gasteiger partial charge in [-0.3, -0.25) is 14.7 Å². The van der Waals surface area contributed by atoms with E-state index in [1.165, 1.54) is 4.68 Å². The maximum atomic E-state index is 12.8. The third-order valence-corrected chi connectivity index (χ3v) is 5.07. The normalized spacial score (nSPS) is 17.6. The Balaban J connectivity index is 1.56. The lowest BCUT2D eigenvalue weighted by Gasteiger charge is -2.32. The molecule has 7 nitrogen and oxygen atoms in total. The first-order valence-corrected chi connectivity index (χ1v) is 8.87. The third kappa shape index (κ3) is 3.00. The molecule has 1 fully saturated rings. The molecule has 0 aliphatic carbocycles. The molecule has 0 radical (unpaired) electrons. The highest BCUT2D eigenvalue weighted by molar-refractivity contribution is 5.83. The van der Waals surface area contributed by atoms with Crippen LogP contribution in [0, 0.1) is 6.92 Å². The zero-order chi connectivity index (χ0) is 18.1. The Kier molecular flexibility index (Phi) is 4.28. The quantitative estimate of drug-likeness (QED) is 0.780. The molecule has 1 amide bonds. The maximum Gasteiger partial charge on any atom is 0.275 e. The van der Waals surface area contributed by atoms with E-state index in [0.29, 0.717) is 18.5 Å². The van der Waals surface area contributed by atoms with Crippen molar-refractivity contribution in [2.24, 2.45) is 0 Å². The van der Waals surface area contributed by atoms with Crippen molar-refractivity contribution in [3.63, 3.8) is 0 Å². The minimum absolute atomic E-state index is 0.0276. The molecule has 1 N–H and O–H groups in total. The van der Waals surface area contributed by atoms with Gasteiger partial charge in [-0.1, -0.05) is 18.2 Å². The molecule has 134 valence electrons. The average molecular weight is 351 g/mol. The predicted molar refractivity (Wildman–Crippen MR) is 97.9 cm³/mol. The van der Waals surface area contributed by atoms with E-state index >= 15 is 0 Å². The smallest absolute Gasteiger partial charge is 0.275 e. The Bertz CT molecular complexity index is 993. The van der Waals surface area contributed by atoms with Gasteiger partial charge >= 0.3 is 0 Å². The Hall–Kier alpha value is -2.96. The molecular weight excluding hydrogens is 330 g/mol. The van der Waals surface area contributed by atoms with Crippen molar-refractivity contribution >= 4 is 16.7 Å². The van der Waals surface area contributed by atoms with Gasteiger partial charge in [0.15, 0.2) is 0 Å². The molecule has 7 heteroatoms. The van der Waals surface area contributed by atoms with Gasteiger partial charge in [-0.15, -0.1) is 0 Å². The summed E-state index contributed by atoms with van der Waals surface area (Å²) in [6.07, 6.45) is 3.70. The van der Waals surface area contributed by atoms with Gasteiger partial charge in [-0.2, -0.15) is 10.2 Å². The summed E-state index contributed by atoms with van der Waals surface area (Å²) in [4.78, 5) is 27.3. The van der Waals surface area contributed by atoms with E-state index in [2.05, 4.69) is 15.3 Å². The SMILES string of the molecule is Cc1nn(CC(=O)N2CCCC(c3ccn[nH]3)C2)c(=O)c2ccccc12. The van der Waals surface area contributed by atoms with Crippen molar-refractivity contribution in [1.82, 2.24) is 24.9 Å². The summed E-state index contributed by atoms with van der Waals surface area (Å²) < 4.78 is 1.29. The molecule has 1 atom stereocenters. The molecular formula is C19H21N5O2. The highest BCUT2D eigenvalue weighted by Crippen LogP contribution is 2.25. The van der Waals surface area contributed by atoms with Crippen LogP contribution in [0.4, 0.5) is 0 Å². The Morgan fingerprint density at radius 1 is 1.27 bits per heavy atom. The van der Waals surface area contributed by atoms with Crippen LogP contribution >= 0.6 is 0 Å².